The zero-order valence-corrected chi connectivity index (χ0v) is 12.2. The maximum Gasteiger partial charge on any atom is 0.118 e. The number of benzene rings is 1. The van der Waals surface area contributed by atoms with Gasteiger partial charge < -0.3 is 10.5 Å². The summed E-state index contributed by atoms with van der Waals surface area (Å²) in [5.74, 6) is 1.60. The van der Waals surface area contributed by atoms with Crippen molar-refractivity contribution in [2.75, 3.05) is 7.11 Å². The predicted molar refractivity (Wildman–Crippen MR) is 78.0 cm³/mol. The van der Waals surface area contributed by atoms with Crippen LogP contribution in [0.15, 0.2) is 24.3 Å². The van der Waals surface area contributed by atoms with E-state index in [1.807, 2.05) is 12.1 Å². The van der Waals surface area contributed by atoms with Crippen molar-refractivity contribution in [1.29, 1.82) is 0 Å². The van der Waals surface area contributed by atoms with Gasteiger partial charge in [-0.2, -0.15) is 0 Å². The van der Waals surface area contributed by atoms with Gasteiger partial charge in [-0.1, -0.05) is 38.8 Å². The maximum absolute atomic E-state index is 6.42. The molecule has 2 nitrogen and oxygen atoms in total. The molecular weight excluding hydrogens is 222 g/mol. The molecule has 0 fully saturated rings. The molecule has 0 aliphatic carbocycles. The fraction of sp³-hybridized carbons (Fsp3) is 0.625. The van der Waals surface area contributed by atoms with E-state index in [1.54, 1.807) is 7.11 Å². The molecule has 0 radical (unpaired) electrons. The second-order valence-electron chi connectivity index (χ2n) is 5.78. The molecule has 2 N–H and O–H groups in total. The minimum atomic E-state index is -0.122. The Morgan fingerprint density at radius 1 is 1.28 bits per heavy atom. The topological polar surface area (TPSA) is 35.2 Å². The van der Waals surface area contributed by atoms with Crippen molar-refractivity contribution < 1.29 is 4.74 Å². The van der Waals surface area contributed by atoms with E-state index in [0.717, 1.165) is 18.6 Å². The summed E-state index contributed by atoms with van der Waals surface area (Å²) in [5.41, 5.74) is 7.58. The van der Waals surface area contributed by atoms with Gasteiger partial charge in [-0.25, -0.2) is 0 Å². The number of methoxy groups -OCH3 is 1. The average Bonchev–Trinajstić information content (AvgIpc) is 2.29. The summed E-state index contributed by atoms with van der Waals surface area (Å²) >= 11 is 0. The molecule has 2 heteroatoms. The number of rotatable bonds is 7. The lowest BCUT2D eigenvalue weighted by atomic mass is 9.84. The Hall–Kier alpha value is -1.02. The smallest absolute Gasteiger partial charge is 0.118 e. The lowest BCUT2D eigenvalue weighted by molar-refractivity contribution is 0.337. The zero-order valence-electron chi connectivity index (χ0n) is 12.2. The Balaban J connectivity index is 2.57. The van der Waals surface area contributed by atoms with Crippen molar-refractivity contribution in [3.05, 3.63) is 29.8 Å². The van der Waals surface area contributed by atoms with E-state index in [2.05, 4.69) is 32.9 Å². The Labute approximate surface area is 112 Å². The van der Waals surface area contributed by atoms with Gasteiger partial charge in [0, 0.05) is 5.54 Å². The SMILES string of the molecule is CCCC(C)CC(C)(N)Cc1ccc(OC)cc1. The second-order valence-corrected chi connectivity index (χ2v) is 5.78. The van der Waals surface area contributed by atoms with E-state index in [1.165, 1.54) is 18.4 Å². The molecular formula is C16H27NO. The largest absolute Gasteiger partial charge is 0.497 e. The summed E-state index contributed by atoms with van der Waals surface area (Å²) in [6, 6.07) is 8.21. The molecule has 2 atom stereocenters. The summed E-state index contributed by atoms with van der Waals surface area (Å²) in [4.78, 5) is 0. The Bertz CT molecular complexity index is 343. The first-order valence-electron chi connectivity index (χ1n) is 6.88. The molecule has 2 unspecified atom stereocenters. The normalized spacial score (nSPS) is 16.1. The van der Waals surface area contributed by atoms with E-state index in [4.69, 9.17) is 10.5 Å². The minimum Gasteiger partial charge on any atom is -0.497 e. The molecule has 0 aliphatic rings. The van der Waals surface area contributed by atoms with Gasteiger partial charge in [-0.3, -0.25) is 0 Å². The van der Waals surface area contributed by atoms with Crippen LogP contribution in [-0.2, 0) is 6.42 Å². The molecule has 1 rings (SSSR count). The highest BCUT2D eigenvalue weighted by atomic mass is 16.5. The highest BCUT2D eigenvalue weighted by Crippen LogP contribution is 2.23. The lowest BCUT2D eigenvalue weighted by Crippen LogP contribution is -2.40. The maximum atomic E-state index is 6.42. The molecule has 0 bridgehead atoms. The molecule has 0 aromatic heterocycles. The number of nitrogens with two attached hydrogens (primary N) is 1. The average molecular weight is 249 g/mol. The molecule has 1 aromatic carbocycles. The third-order valence-corrected chi connectivity index (χ3v) is 3.36. The van der Waals surface area contributed by atoms with Gasteiger partial charge >= 0.3 is 0 Å². The van der Waals surface area contributed by atoms with E-state index < -0.39 is 0 Å². The van der Waals surface area contributed by atoms with Crippen molar-refractivity contribution in [2.45, 2.75) is 52.0 Å². The van der Waals surface area contributed by atoms with Gasteiger partial charge in [0.2, 0.25) is 0 Å². The molecule has 0 saturated heterocycles. The fourth-order valence-corrected chi connectivity index (χ4v) is 2.67. The van der Waals surface area contributed by atoms with Crippen molar-refractivity contribution in [1.82, 2.24) is 0 Å². The zero-order chi connectivity index (χ0) is 13.6. The molecule has 0 spiro atoms. The summed E-state index contributed by atoms with van der Waals surface area (Å²) in [7, 11) is 1.69. The molecule has 1 aromatic rings. The fourth-order valence-electron chi connectivity index (χ4n) is 2.67. The minimum absolute atomic E-state index is 0.122. The molecule has 18 heavy (non-hydrogen) atoms. The monoisotopic (exact) mass is 249 g/mol. The summed E-state index contributed by atoms with van der Waals surface area (Å²) in [5, 5.41) is 0. The Morgan fingerprint density at radius 3 is 2.39 bits per heavy atom. The first kappa shape index (κ1) is 15.0. The highest BCUT2D eigenvalue weighted by Gasteiger charge is 2.21. The van der Waals surface area contributed by atoms with Crippen molar-refractivity contribution >= 4 is 0 Å². The van der Waals surface area contributed by atoms with Crippen molar-refractivity contribution in [3.63, 3.8) is 0 Å². The molecule has 102 valence electrons. The Kier molecular flexibility index (Phi) is 5.67. The van der Waals surface area contributed by atoms with E-state index in [9.17, 15) is 0 Å². The first-order valence-corrected chi connectivity index (χ1v) is 6.88. The molecule has 0 amide bonds. The molecule has 0 aliphatic heterocycles. The van der Waals surface area contributed by atoms with Gasteiger partial charge in [0.25, 0.3) is 0 Å². The van der Waals surface area contributed by atoms with Crippen molar-refractivity contribution in [2.24, 2.45) is 11.7 Å². The van der Waals surface area contributed by atoms with E-state index >= 15 is 0 Å². The molecule has 0 heterocycles. The van der Waals surface area contributed by atoms with E-state index in [0.29, 0.717) is 5.92 Å². The second kappa shape index (κ2) is 6.79. The Morgan fingerprint density at radius 2 is 1.89 bits per heavy atom. The van der Waals surface area contributed by atoms with Gasteiger partial charge in [0.05, 0.1) is 7.11 Å². The summed E-state index contributed by atoms with van der Waals surface area (Å²) < 4.78 is 5.16. The van der Waals surface area contributed by atoms with Crippen LogP contribution in [0.3, 0.4) is 0 Å². The van der Waals surface area contributed by atoms with Crippen LogP contribution in [-0.4, -0.2) is 12.6 Å². The van der Waals surface area contributed by atoms with Crippen LogP contribution in [0, 0.1) is 5.92 Å². The number of hydrogen-bond acceptors (Lipinski definition) is 2. The van der Waals surface area contributed by atoms with Gasteiger partial charge in [-0.05, 0) is 43.4 Å². The number of ether oxygens (including phenoxy) is 1. The van der Waals surface area contributed by atoms with Gasteiger partial charge in [0.1, 0.15) is 5.75 Å². The molecule has 0 saturated carbocycles. The van der Waals surface area contributed by atoms with Crippen LogP contribution >= 0.6 is 0 Å². The van der Waals surface area contributed by atoms with E-state index in [-0.39, 0.29) is 5.54 Å². The van der Waals surface area contributed by atoms with Crippen LogP contribution in [0.1, 0.15) is 45.6 Å². The van der Waals surface area contributed by atoms with Gasteiger partial charge in [-0.15, -0.1) is 0 Å². The predicted octanol–water partition coefficient (Wildman–Crippen LogP) is 3.78. The van der Waals surface area contributed by atoms with Crippen LogP contribution < -0.4 is 10.5 Å². The van der Waals surface area contributed by atoms with Crippen LogP contribution in [0.25, 0.3) is 0 Å². The van der Waals surface area contributed by atoms with Crippen LogP contribution in [0.5, 0.6) is 5.75 Å². The third-order valence-electron chi connectivity index (χ3n) is 3.36. The lowest BCUT2D eigenvalue weighted by Gasteiger charge is -2.28. The third kappa shape index (κ3) is 5.09. The standard InChI is InChI=1S/C16H27NO/c1-5-6-13(2)11-16(3,17)12-14-7-9-15(18-4)10-8-14/h7-10,13H,5-6,11-12,17H2,1-4H3. The number of hydrogen-bond donors (Lipinski definition) is 1. The summed E-state index contributed by atoms with van der Waals surface area (Å²) in [6.45, 7) is 6.68. The van der Waals surface area contributed by atoms with Crippen molar-refractivity contribution in [3.8, 4) is 5.75 Å². The van der Waals surface area contributed by atoms with Crippen LogP contribution in [0.4, 0.5) is 0 Å². The quantitative estimate of drug-likeness (QED) is 0.798. The highest BCUT2D eigenvalue weighted by molar-refractivity contribution is 5.28. The van der Waals surface area contributed by atoms with Gasteiger partial charge in [0.15, 0.2) is 0 Å². The first-order chi connectivity index (χ1) is 8.46. The van der Waals surface area contributed by atoms with Crippen LogP contribution in [0.2, 0.25) is 0 Å². The summed E-state index contributed by atoms with van der Waals surface area (Å²) in [6.07, 6.45) is 4.49.